The Morgan fingerprint density at radius 1 is 1.07 bits per heavy atom. The summed E-state index contributed by atoms with van der Waals surface area (Å²) in [4.78, 5) is 0. The number of hydrogen-bond acceptors (Lipinski definition) is 2. The summed E-state index contributed by atoms with van der Waals surface area (Å²) in [5, 5.41) is 10.6. The minimum absolute atomic E-state index is 0.174. The Hall–Kier alpha value is 0.310. The van der Waals surface area contributed by atoms with Crippen molar-refractivity contribution in [3.8, 4) is 0 Å². The number of hydrogen-bond donors (Lipinski definition) is 1. The molecule has 1 saturated carbocycles. The summed E-state index contributed by atoms with van der Waals surface area (Å²) < 4.78 is 0. The highest BCUT2D eigenvalue weighted by Crippen LogP contribution is 2.37. The van der Waals surface area contributed by atoms with Gasteiger partial charge < -0.3 is 5.11 Å². The van der Waals surface area contributed by atoms with Crippen LogP contribution in [0, 0.1) is 11.8 Å². The summed E-state index contributed by atoms with van der Waals surface area (Å²) in [6, 6.07) is 0. The van der Waals surface area contributed by atoms with Gasteiger partial charge in [0.15, 0.2) is 0 Å². The molecule has 0 aliphatic heterocycles. The molecule has 0 amide bonds. The molecule has 0 bridgehead atoms. The van der Waals surface area contributed by atoms with E-state index in [0.717, 1.165) is 17.1 Å². The van der Waals surface area contributed by atoms with E-state index in [1.807, 2.05) is 18.7 Å². The molecule has 4 unspecified atom stereocenters. The molecular weight excluding hydrogens is 192 g/mol. The molecule has 0 saturated heterocycles. The third-order valence-corrected chi connectivity index (χ3v) is 4.81. The van der Waals surface area contributed by atoms with E-state index in [1.165, 1.54) is 19.3 Å². The van der Waals surface area contributed by atoms with Crippen LogP contribution in [0.1, 0.15) is 47.0 Å². The van der Waals surface area contributed by atoms with Crippen LogP contribution in [0.25, 0.3) is 0 Å². The van der Waals surface area contributed by atoms with Crippen LogP contribution < -0.4 is 0 Å². The van der Waals surface area contributed by atoms with E-state index in [0.29, 0.717) is 5.25 Å². The molecule has 1 nitrogen and oxygen atoms in total. The van der Waals surface area contributed by atoms with Crippen LogP contribution in [0.4, 0.5) is 0 Å². The number of rotatable bonds is 3. The van der Waals surface area contributed by atoms with Crippen LogP contribution in [-0.4, -0.2) is 21.7 Å². The van der Waals surface area contributed by atoms with Crippen LogP contribution in [0.2, 0.25) is 0 Å². The third kappa shape index (κ3) is 3.82. The maximum absolute atomic E-state index is 9.46. The first-order chi connectivity index (χ1) is 6.49. The van der Waals surface area contributed by atoms with Gasteiger partial charge in [0.2, 0.25) is 0 Å². The van der Waals surface area contributed by atoms with Crippen molar-refractivity contribution in [3.05, 3.63) is 0 Å². The molecule has 14 heavy (non-hydrogen) atoms. The fourth-order valence-electron chi connectivity index (χ4n) is 2.40. The summed E-state index contributed by atoms with van der Waals surface area (Å²) in [5.41, 5.74) is 0. The normalized spacial score (nSPS) is 37.9. The van der Waals surface area contributed by atoms with Gasteiger partial charge in [-0.15, -0.1) is 0 Å². The van der Waals surface area contributed by atoms with Gasteiger partial charge >= 0.3 is 0 Å². The maximum atomic E-state index is 9.46. The van der Waals surface area contributed by atoms with Crippen LogP contribution in [0.3, 0.4) is 0 Å². The molecule has 0 spiro atoms. The molecule has 1 rings (SSSR count). The van der Waals surface area contributed by atoms with E-state index < -0.39 is 0 Å². The Kier molecular flexibility index (Phi) is 4.78. The summed E-state index contributed by atoms with van der Waals surface area (Å²) in [5.74, 6) is 1.75. The average Bonchev–Trinajstić information content (AvgIpc) is 2.01. The number of aliphatic hydroxyl groups is 1. The maximum Gasteiger partial charge on any atom is 0.0628 e. The highest BCUT2D eigenvalue weighted by atomic mass is 32.2. The summed E-state index contributed by atoms with van der Waals surface area (Å²) in [6.07, 6.45) is 3.89. The van der Waals surface area contributed by atoms with Crippen LogP contribution in [-0.2, 0) is 0 Å². The van der Waals surface area contributed by atoms with Gasteiger partial charge in [-0.3, -0.25) is 0 Å². The molecule has 1 aliphatic rings. The quantitative estimate of drug-likeness (QED) is 0.781. The monoisotopic (exact) mass is 216 g/mol. The largest absolute Gasteiger partial charge is 0.392 e. The van der Waals surface area contributed by atoms with Crippen molar-refractivity contribution in [2.75, 3.05) is 0 Å². The third-order valence-electron chi connectivity index (χ3n) is 3.22. The average molecular weight is 216 g/mol. The van der Waals surface area contributed by atoms with Gasteiger partial charge in [0.1, 0.15) is 0 Å². The molecular formula is C12H24OS. The molecule has 1 N–H and O–H groups in total. The van der Waals surface area contributed by atoms with Gasteiger partial charge in [-0.25, -0.2) is 0 Å². The van der Waals surface area contributed by atoms with Gasteiger partial charge in [0.05, 0.1) is 6.10 Å². The van der Waals surface area contributed by atoms with E-state index in [9.17, 15) is 5.11 Å². The van der Waals surface area contributed by atoms with Gasteiger partial charge in [-0.1, -0.05) is 20.8 Å². The van der Waals surface area contributed by atoms with Crippen LogP contribution >= 0.6 is 11.8 Å². The predicted octanol–water partition coefficient (Wildman–Crippen LogP) is 3.31. The predicted molar refractivity (Wildman–Crippen MR) is 64.7 cm³/mol. The Labute approximate surface area is 92.7 Å². The second kappa shape index (κ2) is 5.41. The van der Waals surface area contributed by atoms with Gasteiger partial charge in [0, 0.05) is 10.5 Å². The van der Waals surface area contributed by atoms with Crippen LogP contribution in [0.15, 0.2) is 0 Å². The smallest absolute Gasteiger partial charge is 0.0628 e. The van der Waals surface area contributed by atoms with E-state index in [2.05, 4.69) is 20.8 Å². The second-order valence-electron chi connectivity index (χ2n) is 5.12. The Morgan fingerprint density at radius 3 is 2.00 bits per heavy atom. The van der Waals surface area contributed by atoms with Gasteiger partial charge in [-0.05, 0) is 38.0 Å². The minimum atomic E-state index is -0.174. The molecule has 0 aromatic rings. The SMILES string of the molecule is CC1CC(C)CC(SC(C)C(C)O)C1. The van der Waals surface area contributed by atoms with E-state index in [-0.39, 0.29) is 6.10 Å². The molecule has 1 aliphatic carbocycles. The van der Waals surface area contributed by atoms with Crippen molar-refractivity contribution in [1.29, 1.82) is 0 Å². The first kappa shape index (κ1) is 12.4. The highest BCUT2D eigenvalue weighted by Gasteiger charge is 2.26. The lowest BCUT2D eigenvalue weighted by Crippen LogP contribution is -2.26. The topological polar surface area (TPSA) is 20.2 Å². The first-order valence-electron chi connectivity index (χ1n) is 5.82. The van der Waals surface area contributed by atoms with Gasteiger partial charge in [-0.2, -0.15) is 11.8 Å². The lowest BCUT2D eigenvalue weighted by Gasteiger charge is -2.33. The lowest BCUT2D eigenvalue weighted by atomic mass is 9.83. The van der Waals surface area contributed by atoms with Crippen molar-refractivity contribution in [2.45, 2.75) is 63.6 Å². The molecule has 0 aromatic carbocycles. The number of aliphatic hydroxyl groups excluding tert-OH is 1. The fraction of sp³-hybridized carbons (Fsp3) is 1.00. The standard InChI is InChI=1S/C12H24OS/c1-8-5-9(2)7-12(6-8)14-11(4)10(3)13/h8-13H,5-7H2,1-4H3. The molecule has 0 aromatic heterocycles. The molecule has 2 heteroatoms. The molecule has 1 fully saturated rings. The first-order valence-corrected chi connectivity index (χ1v) is 6.76. The zero-order valence-corrected chi connectivity index (χ0v) is 10.7. The highest BCUT2D eigenvalue weighted by molar-refractivity contribution is 8.00. The minimum Gasteiger partial charge on any atom is -0.392 e. The zero-order valence-electron chi connectivity index (χ0n) is 9.86. The molecule has 0 radical (unpaired) electrons. The second-order valence-corrected chi connectivity index (χ2v) is 6.80. The summed E-state index contributed by atoms with van der Waals surface area (Å²) >= 11 is 1.99. The van der Waals surface area contributed by atoms with Crippen molar-refractivity contribution >= 4 is 11.8 Å². The van der Waals surface area contributed by atoms with Crippen LogP contribution in [0.5, 0.6) is 0 Å². The molecule has 0 heterocycles. The molecule has 4 atom stereocenters. The number of thioether (sulfide) groups is 1. The zero-order chi connectivity index (χ0) is 10.7. The lowest BCUT2D eigenvalue weighted by molar-refractivity contribution is 0.195. The van der Waals surface area contributed by atoms with E-state index >= 15 is 0 Å². The Morgan fingerprint density at radius 2 is 1.57 bits per heavy atom. The van der Waals surface area contributed by atoms with Crippen molar-refractivity contribution in [2.24, 2.45) is 11.8 Å². The van der Waals surface area contributed by atoms with E-state index in [4.69, 9.17) is 0 Å². The van der Waals surface area contributed by atoms with E-state index in [1.54, 1.807) is 0 Å². The summed E-state index contributed by atoms with van der Waals surface area (Å²) in [6.45, 7) is 8.75. The Bertz CT molecular complexity index is 160. The van der Waals surface area contributed by atoms with Gasteiger partial charge in [0.25, 0.3) is 0 Å². The Balaban J connectivity index is 2.36. The molecule has 84 valence electrons. The summed E-state index contributed by atoms with van der Waals surface area (Å²) in [7, 11) is 0. The van der Waals surface area contributed by atoms with Crippen molar-refractivity contribution in [1.82, 2.24) is 0 Å². The van der Waals surface area contributed by atoms with Crippen molar-refractivity contribution < 1.29 is 5.11 Å². The fourth-order valence-corrected chi connectivity index (χ4v) is 4.12. The van der Waals surface area contributed by atoms with Crippen molar-refractivity contribution in [3.63, 3.8) is 0 Å².